The van der Waals surface area contributed by atoms with Gasteiger partial charge < -0.3 is 25.8 Å². The highest BCUT2D eigenvalue weighted by atomic mass is 16.6. The van der Waals surface area contributed by atoms with Gasteiger partial charge in [-0.25, -0.2) is 14.6 Å². The van der Waals surface area contributed by atoms with Gasteiger partial charge in [0.05, 0.1) is 12.8 Å². The molecule has 2 aromatic rings. The Bertz CT molecular complexity index is 603. The Labute approximate surface area is 107 Å². The van der Waals surface area contributed by atoms with Gasteiger partial charge in [-0.05, 0) is 0 Å². The van der Waals surface area contributed by atoms with E-state index in [-0.39, 0.29) is 5.82 Å². The van der Waals surface area contributed by atoms with E-state index in [0.29, 0.717) is 11.0 Å². The number of nitrogens with zero attached hydrogens (tertiary/aromatic N) is 4. The predicted octanol–water partition coefficient (Wildman–Crippen LogP) is -1.98. The minimum Gasteiger partial charge on any atom is -0.394 e. The van der Waals surface area contributed by atoms with Crippen molar-refractivity contribution in [2.75, 3.05) is 12.3 Å². The van der Waals surface area contributed by atoms with Crippen LogP contribution >= 0.6 is 0 Å². The number of aromatic nitrogens is 4. The topological polar surface area (TPSA) is 140 Å². The third-order valence-electron chi connectivity index (χ3n) is 3.13. The highest BCUT2D eigenvalue weighted by Gasteiger charge is 2.43. The van der Waals surface area contributed by atoms with E-state index in [4.69, 9.17) is 15.6 Å². The number of nitrogens with two attached hydrogens (primary N) is 1. The lowest BCUT2D eigenvalue weighted by molar-refractivity contribution is -0.0583. The zero-order valence-electron chi connectivity index (χ0n) is 9.79. The molecule has 0 aromatic carbocycles. The molecule has 1 fully saturated rings. The molecule has 0 aliphatic carbocycles. The molecule has 0 bridgehead atoms. The van der Waals surface area contributed by atoms with Crippen molar-refractivity contribution >= 4 is 16.9 Å². The number of nitrogen functional groups attached to an aromatic ring is 1. The van der Waals surface area contributed by atoms with Crippen LogP contribution in [0.1, 0.15) is 6.23 Å². The van der Waals surface area contributed by atoms with Crippen LogP contribution in [0.5, 0.6) is 0 Å². The molecular weight excluding hydrogens is 254 g/mol. The largest absolute Gasteiger partial charge is 0.394 e. The van der Waals surface area contributed by atoms with Crippen molar-refractivity contribution in [2.24, 2.45) is 0 Å². The molecule has 3 rings (SSSR count). The smallest absolute Gasteiger partial charge is 0.179 e. The lowest BCUT2D eigenvalue weighted by Crippen LogP contribution is -2.33. The van der Waals surface area contributed by atoms with E-state index < -0.39 is 31.1 Å². The average molecular weight is 267 g/mol. The molecule has 0 saturated carbocycles. The highest BCUT2D eigenvalue weighted by Crippen LogP contribution is 2.30. The van der Waals surface area contributed by atoms with Crippen molar-refractivity contribution in [1.82, 2.24) is 19.7 Å². The standard InChI is InChI=1S/C10H13N5O4/c11-9-6-4(12-3-13-9)1-15(14-6)10-8(18)7(17)5(2-16)19-10/h1,3,5,7-8,10,16-18H,2H2,(H2,11,12,13)/t5-,7-,8-,10-/m1/s1. The zero-order chi connectivity index (χ0) is 13.6. The van der Waals surface area contributed by atoms with Gasteiger partial charge in [-0.1, -0.05) is 0 Å². The van der Waals surface area contributed by atoms with Gasteiger partial charge in [0.2, 0.25) is 0 Å². The van der Waals surface area contributed by atoms with Crippen LogP contribution in [0, 0.1) is 0 Å². The molecule has 1 aliphatic heterocycles. The minimum absolute atomic E-state index is 0.218. The number of hydrogen-bond acceptors (Lipinski definition) is 8. The second-order valence-corrected chi connectivity index (χ2v) is 4.33. The molecule has 19 heavy (non-hydrogen) atoms. The molecule has 0 spiro atoms. The first-order chi connectivity index (χ1) is 9.11. The molecule has 0 amide bonds. The Morgan fingerprint density at radius 2 is 2.11 bits per heavy atom. The minimum atomic E-state index is -1.19. The summed E-state index contributed by atoms with van der Waals surface area (Å²) in [6, 6.07) is 0. The van der Waals surface area contributed by atoms with Gasteiger partial charge >= 0.3 is 0 Å². The van der Waals surface area contributed by atoms with Gasteiger partial charge in [0.15, 0.2) is 17.6 Å². The summed E-state index contributed by atoms with van der Waals surface area (Å²) in [6.07, 6.45) is -1.28. The number of aliphatic hydroxyl groups is 3. The van der Waals surface area contributed by atoms with Crippen molar-refractivity contribution in [3.8, 4) is 0 Å². The fourth-order valence-electron chi connectivity index (χ4n) is 2.10. The van der Waals surface area contributed by atoms with Crippen LogP contribution in [0.3, 0.4) is 0 Å². The van der Waals surface area contributed by atoms with E-state index in [1.54, 1.807) is 0 Å². The molecule has 1 saturated heterocycles. The molecule has 102 valence electrons. The Morgan fingerprint density at radius 3 is 2.74 bits per heavy atom. The first-order valence-corrected chi connectivity index (χ1v) is 5.69. The van der Waals surface area contributed by atoms with Gasteiger partial charge in [0.1, 0.15) is 30.2 Å². The van der Waals surface area contributed by atoms with Crippen LogP contribution in [0.2, 0.25) is 0 Å². The molecule has 0 unspecified atom stereocenters. The van der Waals surface area contributed by atoms with E-state index in [1.165, 1.54) is 17.2 Å². The molecule has 1 aliphatic rings. The number of anilines is 1. The molecule has 3 heterocycles. The summed E-state index contributed by atoms with van der Waals surface area (Å²) in [5.41, 5.74) is 6.56. The van der Waals surface area contributed by atoms with Crippen LogP contribution in [0.4, 0.5) is 5.82 Å². The van der Waals surface area contributed by atoms with Crippen molar-refractivity contribution in [3.63, 3.8) is 0 Å². The Morgan fingerprint density at radius 1 is 1.32 bits per heavy atom. The number of ether oxygens (including phenoxy) is 1. The first kappa shape index (κ1) is 12.2. The van der Waals surface area contributed by atoms with Crippen LogP contribution < -0.4 is 5.73 Å². The molecule has 5 N–H and O–H groups in total. The molecule has 4 atom stereocenters. The summed E-state index contributed by atoms with van der Waals surface area (Å²) in [6.45, 7) is -0.391. The Kier molecular flexibility index (Phi) is 2.82. The lowest BCUT2D eigenvalue weighted by Gasteiger charge is -2.14. The molecule has 2 aromatic heterocycles. The lowest BCUT2D eigenvalue weighted by atomic mass is 10.1. The first-order valence-electron chi connectivity index (χ1n) is 5.69. The Balaban J connectivity index is 1.99. The van der Waals surface area contributed by atoms with Crippen LogP contribution in [0.15, 0.2) is 12.5 Å². The van der Waals surface area contributed by atoms with Gasteiger partial charge in [-0.3, -0.25) is 0 Å². The second kappa shape index (κ2) is 4.38. The Hall–Kier alpha value is -1.81. The molecule has 9 nitrogen and oxygen atoms in total. The quantitative estimate of drug-likeness (QED) is 0.491. The average Bonchev–Trinajstić information content (AvgIpc) is 2.94. The summed E-state index contributed by atoms with van der Waals surface area (Å²) in [7, 11) is 0. The van der Waals surface area contributed by atoms with Crippen LogP contribution in [-0.2, 0) is 4.74 Å². The van der Waals surface area contributed by atoms with Gasteiger partial charge in [0.25, 0.3) is 0 Å². The fourth-order valence-corrected chi connectivity index (χ4v) is 2.10. The van der Waals surface area contributed by atoms with E-state index in [9.17, 15) is 10.2 Å². The number of aliphatic hydroxyl groups excluding tert-OH is 3. The third-order valence-corrected chi connectivity index (χ3v) is 3.13. The van der Waals surface area contributed by atoms with Gasteiger partial charge in [0, 0.05) is 0 Å². The second-order valence-electron chi connectivity index (χ2n) is 4.33. The maximum absolute atomic E-state index is 9.89. The van der Waals surface area contributed by atoms with Crippen LogP contribution in [0.25, 0.3) is 11.0 Å². The maximum Gasteiger partial charge on any atom is 0.179 e. The van der Waals surface area contributed by atoms with Crippen molar-refractivity contribution in [1.29, 1.82) is 0 Å². The number of rotatable bonds is 2. The molecule has 0 radical (unpaired) electrons. The van der Waals surface area contributed by atoms with Crippen molar-refractivity contribution in [3.05, 3.63) is 12.5 Å². The van der Waals surface area contributed by atoms with Gasteiger partial charge in [-0.15, -0.1) is 0 Å². The van der Waals surface area contributed by atoms with Crippen molar-refractivity contribution in [2.45, 2.75) is 24.5 Å². The van der Waals surface area contributed by atoms with Crippen LogP contribution in [-0.4, -0.2) is 60.0 Å². The van der Waals surface area contributed by atoms with E-state index >= 15 is 0 Å². The monoisotopic (exact) mass is 267 g/mol. The SMILES string of the molecule is Nc1ncnc2cn([C@@H]3O[C@H](CO)[C@@H](O)[C@H]3O)nc12. The van der Waals surface area contributed by atoms with E-state index in [2.05, 4.69) is 15.1 Å². The molecular formula is C10H13N5O4. The van der Waals surface area contributed by atoms with E-state index in [0.717, 1.165) is 0 Å². The fraction of sp³-hybridized carbons (Fsp3) is 0.500. The summed E-state index contributed by atoms with van der Waals surface area (Å²) in [5.74, 6) is 0.218. The normalized spacial score (nSPS) is 31.1. The van der Waals surface area contributed by atoms with Crippen molar-refractivity contribution < 1.29 is 20.1 Å². The maximum atomic E-state index is 9.89. The molecule has 9 heteroatoms. The third kappa shape index (κ3) is 1.83. The number of hydrogen-bond donors (Lipinski definition) is 4. The zero-order valence-corrected chi connectivity index (χ0v) is 9.79. The summed E-state index contributed by atoms with van der Waals surface area (Å²) >= 11 is 0. The summed E-state index contributed by atoms with van der Waals surface area (Å²) in [4.78, 5) is 7.80. The summed E-state index contributed by atoms with van der Waals surface area (Å²) < 4.78 is 6.67. The summed E-state index contributed by atoms with van der Waals surface area (Å²) in [5, 5.41) is 32.8. The van der Waals surface area contributed by atoms with Gasteiger partial charge in [-0.2, -0.15) is 5.10 Å². The highest BCUT2D eigenvalue weighted by molar-refractivity contribution is 5.82. The predicted molar refractivity (Wildman–Crippen MR) is 62.7 cm³/mol. The number of fused-ring (bicyclic) bond motifs is 1. The van der Waals surface area contributed by atoms with E-state index in [1.807, 2.05) is 0 Å².